The molecule has 1 fully saturated rings. The summed E-state index contributed by atoms with van der Waals surface area (Å²) in [5, 5.41) is 0. The van der Waals surface area contributed by atoms with Crippen LogP contribution in [0.1, 0.15) is 33.4 Å². The molecule has 0 aromatic carbocycles. The first-order valence-corrected chi connectivity index (χ1v) is 12.5. The highest BCUT2D eigenvalue weighted by atomic mass is 31.3. The summed E-state index contributed by atoms with van der Waals surface area (Å²) in [6, 6.07) is 1.12. The number of H-pyrrole nitrogens is 1. The first-order valence-electron chi connectivity index (χ1n) is 7.96. The summed E-state index contributed by atoms with van der Waals surface area (Å²) in [4.78, 5) is 60.7. The molecular weight excluding hydrogens is 473 g/mol. The van der Waals surface area contributed by atoms with Gasteiger partial charge in [0.1, 0.15) is 6.23 Å². The Bertz CT molecular complexity index is 984. The van der Waals surface area contributed by atoms with Crippen LogP contribution in [-0.2, 0) is 31.6 Å². The molecule has 2 unspecified atom stereocenters. The largest absolute Gasteiger partial charge is 0.490 e. The predicted molar refractivity (Wildman–Crippen MR) is 100 cm³/mol. The van der Waals surface area contributed by atoms with Crippen LogP contribution < -0.4 is 11.2 Å². The van der Waals surface area contributed by atoms with Gasteiger partial charge in [0.15, 0.2) is 0 Å². The number of nitrogens with zero attached hydrogens (tertiary/aromatic N) is 1. The van der Waals surface area contributed by atoms with Crippen LogP contribution in [0.3, 0.4) is 0 Å². The van der Waals surface area contributed by atoms with Crippen molar-refractivity contribution in [3.8, 4) is 0 Å². The minimum Gasteiger partial charge on any atom is -0.352 e. The van der Waals surface area contributed by atoms with Crippen molar-refractivity contribution in [3.63, 3.8) is 0 Å². The molecule has 18 heteroatoms. The van der Waals surface area contributed by atoms with Gasteiger partial charge in [0.05, 0.1) is 12.7 Å². The van der Waals surface area contributed by atoms with E-state index in [4.69, 9.17) is 19.4 Å². The van der Waals surface area contributed by atoms with Gasteiger partial charge in [-0.25, -0.2) is 18.5 Å². The standard InChI is InChI=1S/C11H19N2O13P3.CH4/c1-2-7-5-10(13-4-3-9(14)12-11(13)15)24-8(7)6-23-28(19,20)26-29(21,22)25-27(16,17)18;/h3-4,7-8,10H,2,5-6H2,1H3,(H,19,20)(H,21,22)(H,12,14,15)(H2,16,17,18);1H4/t7-,8+,10+;/m0./s1. The van der Waals surface area contributed by atoms with Crippen LogP contribution >= 0.6 is 23.5 Å². The average Bonchev–Trinajstić information content (AvgIpc) is 2.92. The number of nitrogens with one attached hydrogen (secondary N) is 1. The summed E-state index contributed by atoms with van der Waals surface area (Å²) >= 11 is 0. The predicted octanol–water partition coefficient (Wildman–Crippen LogP) is 0.830. The SMILES string of the molecule is C.CC[C@H]1C[C@H](n2ccc(=O)[nH]c2=O)O[C@@H]1COP(=O)(O)OP(=O)(O)OP(=O)(O)O. The Morgan fingerprint density at radius 3 is 2.33 bits per heavy atom. The zero-order chi connectivity index (χ0) is 22.0. The highest BCUT2D eigenvalue weighted by molar-refractivity contribution is 7.66. The minimum absolute atomic E-state index is 0. The molecule has 5 N–H and O–H groups in total. The van der Waals surface area contributed by atoms with Crippen LogP contribution in [0.15, 0.2) is 21.9 Å². The second-order valence-corrected chi connectivity index (χ2v) is 10.4. The van der Waals surface area contributed by atoms with E-state index in [0.717, 1.165) is 10.6 Å². The smallest absolute Gasteiger partial charge is 0.352 e. The van der Waals surface area contributed by atoms with Crippen LogP contribution in [0.4, 0.5) is 0 Å². The zero-order valence-electron chi connectivity index (χ0n) is 14.8. The molecule has 0 spiro atoms. The Morgan fingerprint density at radius 2 is 1.80 bits per heavy atom. The van der Waals surface area contributed by atoms with Crippen molar-refractivity contribution < 1.29 is 51.2 Å². The monoisotopic (exact) mass is 496 g/mol. The fourth-order valence-electron chi connectivity index (χ4n) is 2.69. The van der Waals surface area contributed by atoms with Crippen molar-refractivity contribution in [2.45, 2.75) is 39.5 Å². The van der Waals surface area contributed by atoms with Gasteiger partial charge in [-0.05, 0) is 12.3 Å². The van der Waals surface area contributed by atoms with Crippen LogP contribution in [-0.4, -0.2) is 41.8 Å². The number of phosphoric acid groups is 3. The van der Waals surface area contributed by atoms with E-state index in [-0.39, 0.29) is 13.3 Å². The van der Waals surface area contributed by atoms with E-state index in [9.17, 15) is 28.2 Å². The molecule has 0 saturated carbocycles. The maximum Gasteiger partial charge on any atom is 0.490 e. The Labute approximate surface area is 170 Å². The number of rotatable bonds is 9. The maximum absolute atomic E-state index is 11.9. The van der Waals surface area contributed by atoms with E-state index in [1.54, 1.807) is 6.92 Å². The quantitative estimate of drug-likeness (QED) is 0.299. The molecule has 1 aromatic rings. The summed E-state index contributed by atoms with van der Waals surface area (Å²) < 4.78 is 52.3. The molecule has 30 heavy (non-hydrogen) atoms. The van der Waals surface area contributed by atoms with Crippen molar-refractivity contribution in [3.05, 3.63) is 33.1 Å². The fourth-order valence-corrected chi connectivity index (χ4v) is 5.72. The summed E-state index contributed by atoms with van der Waals surface area (Å²) in [5.74, 6) is -0.258. The highest BCUT2D eigenvalue weighted by Gasteiger charge is 2.42. The molecule has 2 rings (SSSR count). The summed E-state index contributed by atoms with van der Waals surface area (Å²) in [6.45, 7) is 1.17. The molecular formula is C12H23N2O13P3. The Hall–Kier alpha value is -0.950. The lowest BCUT2D eigenvalue weighted by Crippen LogP contribution is -2.31. The lowest BCUT2D eigenvalue weighted by atomic mass is 9.98. The molecule has 1 aliphatic heterocycles. The van der Waals surface area contributed by atoms with E-state index in [0.29, 0.717) is 12.8 Å². The second kappa shape index (κ2) is 10.1. The molecule has 0 radical (unpaired) electrons. The molecule has 2 heterocycles. The van der Waals surface area contributed by atoms with E-state index < -0.39 is 53.7 Å². The topological polar surface area (TPSA) is 224 Å². The third kappa shape index (κ3) is 7.95. The number of hydrogen-bond acceptors (Lipinski definition) is 9. The molecule has 0 bridgehead atoms. The molecule has 174 valence electrons. The summed E-state index contributed by atoms with van der Waals surface area (Å²) in [7, 11) is -16.4. The number of phosphoric ester groups is 1. The Kier molecular flexibility index (Phi) is 9.13. The number of ether oxygens (including phenoxy) is 1. The van der Waals surface area contributed by atoms with Gasteiger partial charge in [0, 0.05) is 12.3 Å². The normalized spacial score (nSPS) is 25.8. The van der Waals surface area contributed by atoms with Gasteiger partial charge in [0.25, 0.3) is 5.56 Å². The highest BCUT2D eigenvalue weighted by Crippen LogP contribution is 2.66. The van der Waals surface area contributed by atoms with Crippen LogP contribution in [0.5, 0.6) is 0 Å². The van der Waals surface area contributed by atoms with Gasteiger partial charge in [-0.3, -0.25) is 18.9 Å². The lowest BCUT2D eigenvalue weighted by Gasteiger charge is -2.20. The molecule has 15 nitrogen and oxygen atoms in total. The molecule has 5 atom stereocenters. The molecule has 0 aliphatic carbocycles. The van der Waals surface area contributed by atoms with Crippen molar-refractivity contribution in [2.75, 3.05) is 6.61 Å². The molecule has 1 aromatic heterocycles. The number of aromatic amines is 1. The van der Waals surface area contributed by atoms with Crippen LogP contribution in [0.25, 0.3) is 0 Å². The number of hydrogen-bond donors (Lipinski definition) is 5. The number of aromatic nitrogens is 2. The van der Waals surface area contributed by atoms with Gasteiger partial charge in [-0.15, -0.1) is 0 Å². The Balaban J connectivity index is 0.00000450. The molecule has 0 amide bonds. The van der Waals surface area contributed by atoms with E-state index >= 15 is 0 Å². The van der Waals surface area contributed by atoms with Crippen LogP contribution in [0.2, 0.25) is 0 Å². The second-order valence-electron chi connectivity index (χ2n) is 5.94. The summed E-state index contributed by atoms with van der Waals surface area (Å²) in [6.07, 6.45) is 0.391. The molecule has 1 aliphatic rings. The van der Waals surface area contributed by atoms with Crippen LogP contribution in [0, 0.1) is 5.92 Å². The average molecular weight is 496 g/mol. The van der Waals surface area contributed by atoms with Gasteiger partial charge in [-0.2, -0.15) is 8.62 Å². The lowest BCUT2D eigenvalue weighted by molar-refractivity contribution is -0.0323. The Morgan fingerprint density at radius 1 is 1.17 bits per heavy atom. The fraction of sp³-hybridized carbons (Fsp3) is 0.667. The zero-order valence-corrected chi connectivity index (χ0v) is 17.4. The van der Waals surface area contributed by atoms with Crippen molar-refractivity contribution in [1.82, 2.24) is 9.55 Å². The third-order valence-corrected chi connectivity index (χ3v) is 7.67. The van der Waals surface area contributed by atoms with Gasteiger partial charge < -0.3 is 24.3 Å². The third-order valence-electron chi connectivity index (χ3n) is 3.87. The van der Waals surface area contributed by atoms with Gasteiger partial charge >= 0.3 is 29.2 Å². The van der Waals surface area contributed by atoms with Crippen molar-refractivity contribution in [1.29, 1.82) is 0 Å². The molecule has 1 saturated heterocycles. The maximum atomic E-state index is 11.9. The first-order chi connectivity index (χ1) is 13.2. The van der Waals surface area contributed by atoms with Gasteiger partial charge in [-0.1, -0.05) is 20.8 Å². The van der Waals surface area contributed by atoms with E-state index in [2.05, 4.69) is 18.1 Å². The van der Waals surface area contributed by atoms with Gasteiger partial charge in [0.2, 0.25) is 0 Å². The van der Waals surface area contributed by atoms with E-state index in [1.165, 1.54) is 6.20 Å². The van der Waals surface area contributed by atoms with Crippen molar-refractivity contribution in [2.24, 2.45) is 5.92 Å². The van der Waals surface area contributed by atoms with Crippen molar-refractivity contribution >= 4 is 23.5 Å². The first kappa shape index (κ1) is 27.1. The minimum atomic E-state index is -5.61. The van der Waals surface area contributed by atoms with E-state index in [1.807, 2.05) is 0 Å². The summed E-state index contributed by atoms with van der Waals surface area (Å²) in [5.41, 5.74) is -1.31.